The molecule has 1 aromatic rings. The van der Waals surface area contributed by atoms with E-state index in [-0.39, 0.29) is 17.2 Å². The predicted molar refractivity (Wildman–Crippen MR) is 60.8 cm³/mol. The van der Waals surface area contributed by atoms with Crippen molar-refractivity contribution in [3.63, 3.8) is 0 Å². The number of carbonyl (C=O) groups is 1. The van der Waals surface area contributed by atoms with Gasteiger partial charge in [-0.3, -0.25) is 0 Å². The number of hydrogen-bond donors (Lipinski definition) is 2. The van der Waals surface area contributed by atoms with Gasteiger partial charge in [-0.1, -0.05) is 11.6 Å². The fraction of sp³-hybridized carbons (Fsp3) is 0.300. The lowest BCUT2D eigenvalue weighted by atomic mass is 10.2. The summed E-state index contributed by atoms with van der Waals surface area (Å²) in [7, 11) is 0. The summed E-state index contributed by atoms with van der Waals surface area (Å²) in [4.78, 5) is 11.6. The molecule has 15 heavy (non-hydrogen) atoms. The molecule has 0 saturated heterocycles. The normalized spacial score (nSPS) is 10.3. The van der Waals surface area contributed by atoms with Crippen molar-refractivity contribution >= 4 is 29.3 Å². The standard InChI is InChI=1S/C10H11ClO3S/c11-9-6-7(15-5-1-4-12)2-3-8(9)10(13)14/h2-3,6,12H,1,4-5H2,(H,13,14). The molecule has 0 aliphatic carbocycles. The van der Waals surface area contributed by atoms with Crippen LogP contribution in [0.25, 0.3) is 0 Å². The monoisotopic (exact) mass is 246 g/mol. The minimum absolute atomic E-state index is 0.114. The molecular formula is C10H11ClO3S. The SMILES string of the molecule is O=C(O)c1ccc(SCCCO)cc1Cl. The molecule has 0 radical (unpaired) electrons. The fourth-order valence-corrected chi connectivity index (χ4v) is 2.21. The zero-order valence-corrected chi connectivity index (χ0v) is 9.51. The van der Waals surface area contributed by atoms with Crippen LogP contribution in [-0.2, 0) is 0 Å². The number of halogens is 1. The Bertz CT molecular complexity index is 355. The van der Waals surface area contributed by atoms with Gasteiger partial charge in [0.2, 0.25) is 0 Å². The Hall–Kier alpha value is -0.710. The average molecular weight is 247 g/mol. The molecule has 82 valence electrons. The van der Waals surface area contributed by atoms with Crippen LogP contribution in [0.3, 0.4) is 0 Å². The summed E-state index contributed by atoms with van der Waals surface area (Å²) in [6.07, 6.45) is 0.711. The number of carboxylic acids is 1. The number of aromatic carboxylic acids is 1. The first-order valence-corrected chi connectivity index (χ1v) is 5.78. The molecule has 0 unspecified atom stereocenters. The van der Waals surface area contributed by atoms with Crippen LogP contribution >= 0.6 is 23.4 Å². The maximum Gasteiger partial charge on any atom is 0.337 e. The molecule has 0 fully saturated rings. The van der Waals surface area contributed by atoms with Gasteiger partial charge < -0.3 is 10.2 Å². The highest BCUT2D eigenvalue weighted by Gasteiger charge is 2.08. The molecule has 5 heteroatoms. The van der Waals surface area contributed by atoms with Gasteiger partial charge in [-0.2, -0.15) is 0 Å². The van der Waals surface area contributed by atoms with Gasteiger partial charge in [0.25, 0.3) is 0 Å². The van der Waals surface area contributed by atoms with E-state index in [0.717, 1.165) is 10.6 Å². The third-order valence-corrected chi connectivity index (χ3v) is 3.13. The molecule has 1 rings (SSSR count). The summed E-state index contributed by atoms with van der Waals surface area (Å²) in [6, 6.07) is 4.84. The van der Waals surface area contributed by atoms with Gasteiger partial charge in [0.15, 0.2) is 0 Å². The summed E-state index contributed by atoms with van der Waals surface area (Å²) in [5.41, 5.74) is 0.114. The summed E-state index contributed by atoms with van der Waals surface area (Å²) < 4.78 is 0. The lowest BCUT2D eigenvalue weighted by molar-refractivity contribution is 0.0697. The second-order valence-corrected chi connectivity index (χ2v) is 4.45. The largest absolute Gasteiger partial charge is 0.478 e. The van der Waals surface area contributed by atoms with E-state index in [0.29, 0.717) is 6.42 Å². The van der Waals surface area contributed by atoms with Crippen LogP contribution in [0.1, 0.15) is 16.8 Å². The summed E-state index contributed by atoms with van der Waals surface area (Å²) in [5.74, 6) is -0.230. The molecular weight excluding hydrogens is 236 g/mol. The first-order chi connectivity index (χ1) is 7.15. The van der Waals surface area contributed by atoms with Crippen molar-refractivity contribution in [3.05, 3.63) is 28.8 Å². The third-order valence-electron chi connectivity index (χ3n) is 1.74. The molecule has 2 N–H and O–H groups in total. The summed E-state index contributed by atoms with van der Waals surface area (Å²) in [5, 5.41) is 17.6. The zero-order chi connectivity index (χ0) is 11.3. The van der Waals surface area contributed by atoms with Gasteiger partial charge in [-0.25, -0.2) is 4.79 Å². The van der Waals surface area contributed by atoms with E-state index in [9.17, 15) is 4.79 Å². The number of hydrogen-bond acceptors (Lipinski definition) is 3. The van der Waals surface area contributed by atoms with Crippen molar-refractivity contribution in [1.82, 2.24) is 0 Å². The topological polar surface area (TPSA) is 57.5 Å². The van der Waals surface area contributed by atoms with Crippen molar-refractivity contribution in [2.75, 3.05) is 12.4 Å². The van der Waals surface area contributed by atoms with E-state index >= 15 is 0 Å². The predicted octanol–water partition coefficient (Wildman–Crippen LogP) is 2.51. The first-order valence-electron chi connectivity index (χ1n) is 4.41. The molecule has 0 bridgehead atoms. The number of aliphatic hydroxyl groups excluding tert-OH is 1. The quantitative estimate of drug-likeness (QED) is 0.619. The maximum absolute atomic E-state index is 10.7. The molecule has 1 aromatic carbocycles. The van der Waals surface area contributed by atoms with Crippen LogP contribution in [-0.4, -0.2) is 28.5 Å². The summed E-state index contributed by atoms with van der Waals surface area (Å²) >= 11 is 7.34. The van der Waals surface area contributed by atoms with E-state index in [1.807, 2.05) is 0 Å². The second-order valence-electron chi connectivity index (χ2n) is 2.87. The van der Waals surface area contributed by atoms with E-state index in [2.05, 4.69) is 0 Å². The Labute approximate surface area is 97.1 Å². The number of aliphatic hydroxyl groups is 1. The van der Waals surface area contributed by atoms with Crippen molar-refractivity contribution < 1.29 is 15.0 Å². The van der Waals surface area contributed by atoms with Crippen LogP contribution in [0.4, 0.5) is 0 Å². The van der Waals surface area contributed by atoms with Gasteiger partial charge in [0.1, 0.15) is 0 Å². The highest BCUT2D eigenvalue weighted by Crippen LogP contribution is 2.25. The molecule has 0 heterocycles. The van der Waals surface area contributed by atoms with Gasteiger partial charge in [-0.05, 0) is 24.6 Å². The fourth-order valence-electron chi connectivity index (χ4n) is 1.01. The van der Waals surface area contributed by atoms with Crippen molar-refractivity contribution in [2.45, 2.75) is 11.3 Å². The van der Waals surface area contributed by atoms with Crippen LogP contribution in [0.2, 0.25) is 5.02 Å². The number of thioether (sulfide) groups is 1. The minimum atomic E-state index is -1.02. The molecule has 0 atom stereocenters. The Kier molecular flexibility index (Phi) is 4.94. The smallest absolute Gasteiger partial charge is 0.337 e. The van der Waals surface area contributed by atoms with Crippen molar-refractivity contribution in [1.29, 1.82) is 0 Å². The van der Waals surface area contributed by atoms with Crippen molar-refractivity contribution in [2.24, 2.45) is 0 Å². The number of benzene rings is 1. The Morgan fingerprint density at radius 1 is 1.47 bits per heavy atom. The molecule has 0 spiro atoms. The lowest BCUT2D eigenvalue weighted by Crippen LogP contribution is -1.97. The molecule has 0 amide bonds. The zero-order valence-electron chi connectivity index (χ0n) is 7.94. The number of rotatable bonds is 5. The lowest BCUT2D eigenvalue weighted by Gasteiger charge is -2.03. The van der Waals surface area contributed by atoms with Gasteiger partial charge in [0, 0.05) is 17.3 Å². The van der Waals surface area contributed by atoms with Gasteiger partial charge in [-0.15, -0.1) is 11.8 Å². The maximum atomic E-state index is 10.7. The highest BCUT2D eigenvalue weighted by molar-refractivity contribution is 7.99. The van der Waals surface area contributed by atoms with Crippen LogP contribution < -0.4 is 0 Å². The van der Waals surface area contributed by atoms with Crippen LogP contribution in [0.15, 0.2) is 23.1 Å². The highest BCUT2D eigenvalue weighted by atomic mass is 35.5. The Balaban J connectivity index is 2.69. The van der Waals surface area contributed by atoms with Gasteiger partial charge in [0.05, 0.1) is 10.6 Å². The minimum Gasteiger partial charge on any atom is -0.478 e. The third kappa shape index (κ3) is 3.74. The average Bonchev–Trinajstić information content (AvgIpc) is 2.17. The van der Waals surface area contributed by atoms with E-state index in [1.165, 1.54) is 6.07 Å². The Morgan fingerprint density at radius 2 is 2.20 bits per heavy atom. The molecule has 3 nitrogen and oxygen atoms in total. The number of carboxylic acid groups (broad SMARTS) is 1. The van der Waals surface area contributed by atoms with Crippen LogP contribution in [0.5, 0.6) is 0 Å². The van der Waals surface area contributed by atoms with Crippen molar-refractivity contribution in [3.8, 4) is 0 Å². The molecule has 0 saturated carbocycles. The molecule has 0 aliphatic heterocycles. The van der Waals surface area contributed by atoms with Gasteiger partial charge >= 0.3 is 5.97 Å². The second kappa shape index (κ2) is 6.00. The van der Waals surface area contributed by atoms with E-state index in [4.69, 9.17) is 21.8 Å². The van der Waals surface area contributed by atoms with E-state index in [1.54, 1.807) is 23.9 Å². The first kappa shape index (κ1) is 12.4. The Morgan fingerprint density at radius 3 is 2.73 bits per heavy atom. The van der Waals surface area contributed by atoms with E-state index < -0.39 is 5.97 Å². The molecule has 0 aliphatic rings. The van der Waals surface area contributed by atoms with Crippen LogP contribution in [0, 0.1) is 0 Å². The molecule has 0 aromatic heterocycles. The summed E-state index contributed by atoms with van der Waals surface area (Å²) in [6.45, 7) is 0.161.